The van der Waals surface area contributed by atoms with Crippen LogP contribution in [0.25, 0.3) is 11.0 Å². The maximum Gasteiger partial charge on any atom is 0.246 e. The normalized spacial score (nSPS) is 12.0. The molecule has 1 amide bonds. The monoisotopic (exact) mass is 397 g/mol. The molecule has 1 N–H and O–H groups in total. The van der Waals surface area contributed by atoms with Crippen molar-refractivity contribution in [2.75, 3.05) is 6.61 Å². The summed E-state index contributed by atoms with van der Waals surface area (Å²) >= 11 is 6.13. The van der Waals surface area contributed by atoms with Gasteiger partial charge in [-0.15, -0.1) is 0 Å². The van der Waals surface area contributed by atoms with Gasteiger partial charge in [-0.1, -0.05) is 42.4 Å². The lowest BCUT2D eigenvalue weighted by Crippen LogP contribution is -2.29. The minimum atomic E-state index is -0.235. The van der Waals surface area contributed by atoms with Crippen molar-refractivity contribution >= 4 is 28.5 Å². The zero-order valence-corrected chi connectivity index (χ0v) is 16.9. The Morgan fingerprint density at radius 2 is 1.96 bits per heavy atom. The minimum absolute atomic E-state index is 0.173. The Labute approximate surface area is 170 Å². The second-order valence-electron chi connectivity index (χ2n) is 6.72. The predicted octanol–water partition coefficient (Wildman–Crippen LogP) is 4.91. The number of hydrogen-bond donors (Lipinski definition) is 1. The lowest BCUT2D eigenvalue weighted by molar-refractivity contribution is -0.118. The van der Waals surface area contributed by atoms with Crippen molar-refractivity contribution in [2.24, 2.45) is 0 Å². The van der Waals surface area contributed by atoms with Gasteiger partial charge in [0.2, 0.25) is 5.91 Å². The highest BCUT2D eigenvalue weighted by Crippen LogP contribution is 2.24. The van der Waals surface area contributed by atoms with E-state index in [2.05, 4.69) is 16.5 Å². The van der Waals surface area contributed by atoms with Crippen molar-refractivity contribution in [2.45, 2.75) is 32.9 Å². The largest absolute Gasteiger partial charge is 0.492 e. The summed E-state index contributed by atoms with van der Waals surface area (Å²) in [6, 6.07) is 15.2. The Kier molecular flexibility index (Phi) is 6.37. The van der Waals surface area contributed by atoms with Gasteiger partial charge >= 0.3 is 0 Å². The Bertz CT molecular complexity index is 996. The van der Waals surface area contributed by atoms with E-state index in [0.717, 1.165) is 23.3 Å². The number of amides is 1. The van der Waals surface area contributed by atoms with Crippen molar-refractivity contribution in [3.63, 3.8) is 0 Å². The molecule has 0 spiro atoms. The van der Waals surface area contributed by atoms with E-state index >= 15 is 0 Å². The van der Waals surface area contributed by atoms with E-state index in [1.165, 1.54) is 0 Å². The summed E-state index contributed by atoms with van der Waals surface area (Å²) in [4.78, 5) is 16.8. The average Bonchev–Trinajstić information content (AvgIpc) is 3.05. The van der Waals surface area contributed by atoms with E-state index < -0.39 is 0 Å². The molecular weight excluding hydrogens is 374 g/mol. The molecule has 0 aliphatic carbocycles. The maximum atomic E-state index is 12.0. The van der Waals surface area contributed by atoms with Crippen molar-refractivity contribution in [1.29, 1.82) is 0 Å². The molecule has 0 aliphatic rings. The predicted molar refractivity (Wildman–Crippen MR) is 113 cm³/mol. The standard InChI is InChI=1S/C22H24ClN3O2/c1-15(2)22(27)24-16(3)21-25-18-10-5-6-11-19(18)26(21)13-8-14-28-20-12-7-4-9-17(20)23/h4-7,9-12,16H,1,8,13-14H2,2-3H3,(H,24,27). The molecule has 28 heavy (non-hydrogen) atoms. The van der Waals surface area contributed by atoms with Crippen LogP contribution >= 0.6 is 11.6 Å². The first kappa shape index (κ1) is 20.0. The van der Waals surface area contributed by atoms with Crippen LogP contribution in [0.4, 0.5) is 0 Å². The van der Waals surface area contributed by atoms with E-state index in [-0.39, 0.29) is 11.9 Å². The number of aromatic nitrogens is 2. The van der Waals surface area contributed by atoms with Gasteiger partial charge in [0.15, 0.2) is 0 Å². The topological polar surface area (TPSA) is 56.2 Å². The fraction of sp³-hybridized carbons (Fsp3) is 0.273. The number of carbonyl (C=O) groups is 1. The van der Waals surface area contributed by atoms with Crippen molar-refractivity contribution < 1.29 is 9.53 Å². The molecule has 0 aliphatic heterocycles. The van der Waals surface area contributed by atoms with Crippen LogP contribution in [0.3, 0.4) is 0 Å². The van der Waals surface area contributed by atoms with Crippen LogP contribution in [0.5, 0.6) is 5.75 Å². The summed E-state index contributed by atoms with van der Waals surface area (Å²) in [7, 11) is 0. The first-order valence-electron chi connectivity index (χ1n) is 9.26. The molecule has 1 atom stereocenters. The molecule has 1 aromatic heterocycles. The van der Waals surface area contributed by atoms with Crippen molar-refractivity contribution in [3.05, 3.63) is 71.5 Å². The molecule has 3 rings (SSSR count). The van der Waals surface area contributed by atoms with Gasteiger partial charge in [-0.2, -0.15) is 0 Å². The molecule has 5 nitrogen and oxygen atoms in total. The van der Waals surface area contributed by atoms with Crippen LogP contribution in [0.1, 0.15) is 32.1 Å². The number of aryl methyl sites for hydroxylation is 1. The van der Waals surface area contributed by atoms with Crippen LogP contribution < -0.4 is 10.1 Å². The first-order valence-corrected chi connectivity index (χ1v) is 9.64. The summed E-state index contributed by atoms with van der Waals surface area (Å²) in [6.07, 6.45) is 0.778. The quantitative estimate of drug-likeness (QED) is 0.434. The summed E-state index contributed by atoms with van der Waals surface area (Å²) in [5.41, 5.74) is 2.41. The summed E-state index contributed by atoms with van der Waals surface area (Å²) in [5, 5.41) is 3.55. The van der Waals surface area contributed by atoms with Gasteiger partial charge < -0.3 is 14.6 Å². The Morgan fingerprint density at radius 1 is 1.25 bits per heavy atom. The van der Waals surface area contributed by atoms with E-state index in [0.29, 0.717) is 29.5 Å². The van der Waals surface area contributed by atoms with Crippen LogP contribution in [0, 0.1) is 0 Å². The number of rotatable bonds is 8. The molecule has 0 fully saturated rings. The van der Waals surface area contributed by atoms with E-state index in [4.69, 9.17) is 21.3 Å². The smallest absolute Gasteiger partial charge is 0.246 e. The van der Waals surface area contributed by atoms with Gasteiger partial charge in [-0.3, -0.25) is 4.79 Å². The number of halogens is 1. The molecule has 6 heteroatoms. The Balaban J connectivity index is 1.74. The highest BCUT2D eigenvalue weighted by molar-refractivity contribution is 6.32. The van der Waals surface area contributed by atoms with Crippen molar-refractivity contribution in [1.82, 2.24) is 14.9 Å². The molecule has 1 heterocycles. The van der Waals surface area contributed by atoms with Gasteiger partial charge in [-0.05, 0) is 44.5 Å². The van der Waals surface area contributed by atoms with E-state index in [9.17, 15) is 4.79 Å². The Hall–Kier alpha value is -2.79. The third kappa shape index (κ3) is 4.54. The molecule has 3 aromatic rings. The number of imidazole rings is 1. The van der Waals surface area contributed by atoms with E-state index in [1.807, 2.05) is 55.5 Å². The van der Waals surface area contributed by atoms with Gasteiger partial charge in [0.05, 0.1) is 28.7 Å². The number of para-hydroxylation sites is 3. The molecule has 0 saturated heterocycles. The Morgan fingerprint density at radius 3 is 2.71 bits per heavy atom. The molecular formula is C22H24ClN3O2. The highest BCUT2D eigenvalue weighted by atomic mass is 35.5. The summed E-state index contributed by atoms with van der Waals surface area (Å²) < 4.78 is 7.93. The molecule has 146 valence electrons. The lowest BCUT2D eigenvalue weighted by Gasteiger charge is -2.16. The summed E-state index contributed by atoms with van der Waals surface area (Å²) in [5.74, 6) is 1.32. The van der Waals surface area contributed by atoms with E-state index in [1.54, 1.807) is 6.92 Å². The minimum Gasteiger partial charge on any atom is -0.492 e. The second kappa shape index (κ2) is 8.93. The van der Waals surface area contributed by atoms with Crippen molar-refractivity contribution in [3.8, 4) is 5.75 Å². The SMILES string of the molecule is C=C(C)C(=O)NC(C)c1nc2ccccc2n1CCCOc1ccccc1Cl. The molecule has 1 unspecified atom stereocenters. The molecule has 0 saturated carbocycles. The summed E-state index contributed by atoms with van der Waals surface area (Å²) in [6.45, 7) is 8.56. The van der Waals surface area contributed by atoms with Gasteiger partial charge in [0, 0.05) is 12.1 Å². The number of nitrogens with zero attached hydrogens (tertiary/aromatic N) is 2. The maximum absolute atomic E-state index is 12.0. The number of nitrogens with one attached hydrogen (secondary N) is 1. The molecule has 2 aromatic carbocycles. The third-order valence-corrected chi connectivity index (χ3v) is 4.74. The van der Waals surface area contributed by atoms with Gasteiger partial charge in [0.25, 0.3) is 0 Å². The fourth-order valence-corrected chi connectivity index (χ4v) is 3.20. The number of carbonyl (C=O) groups excluding carboxylic acids is 1. The third-order valence-electron chi connectivity index (χ3n) is 4.43. The fourth-order valence-electron chi connectivity index (χ4n) is 3.01. The molecule has 0 bridgehead atoms. The van der Waals surface area contributed by atoms with Crippen LogP contribution in [-0.4, -0.2) is 22.1 Å². The van der Waals surface area contributed by atoms with Gasteiger partial charge in [-0.25, -0.2) is 4.98 Å². The number of benzene rings is 2. The van der Waals surface area contributed by atoms with Gasteiger partial charge in [0.1, 0.15) is 11.6 Å². The van der Waals surface area contributed by atoms with Crippen LogP contribution in [-0.2, 0) is 11.3 Å². The average molecular weight is 398 g/mol. The number of ether oxygens (including phenoxy) is 1. The van der Waals surface area contributed by atoms with Crippen LogP contribution in [0.2, 0.25) is 5.02 Å². The number of fused-ring (bicyclic) bond motifs is 1. The highest BCUT2D eigenvalue weighted by Gasteiger charge is 2.18. The zero-order chi connectivity index (χ0) is 20.1. The zero-order valence-electron chi connectivity index (χ0n) is 16.1. The number of hydrogen-bond acceptors (Lipinski definition) is 3. The second-order valence-corrected chi connectivity index (χ2v) is 7.13. The van der Waals surface area contributed by atoms with Crippen LogP contribution in [0.15, 0.2) is 60.7 Å². The first-order chi connectivity index (χ1) is 13.5. The lowest BCUT2D eigenvalue weighted by atomic mass is 10.2. The molecule has 0 radical (unpaired) electrons.